The molecule has 3 rings (SSSR count). The number of hydrogen-bond donors (Lipinski definition) is 3. The molecule has 3 aromatic rings. The molecule has 0 radical (unpaired) electrons. The van der Waals surface area contributed by atoms with Crippen molar-refractivity contribution in [1.29, 1.82) is 0 Å². The molecule has 0 bridgehead atoms. The number of aromatic hydroxyl groups is 2. The molecule has 3 N–H and O–H groups in total. The van der Waals surface area contributed by atoms with Crippen molar-refractivity contribution in [3.63, 3.8) is 0 Å². The first kappa shape index (κ1) is 13.8. The minimum atomic E-state index is 0.0824. The van der Waals surface area contributed by atoms with Crippen molar-refractivity contribution in [2.45, 2.75) is 0 Å². The Balaban J connectivity index is 2.20. The quantitative estimate of drug-likeness (QED) is 0.688. The van der Waals surface area contributed by atoms with E-state index in [4.69, 9.17) is 0 Å². The van der Waals surface area contributed by atoms with Crippen LogP contribution in [0.4, 0.5) is 5.95 Å². The van der Waals surface area contributed by atoms with E-state index in [1.807, 2.05) is 0 Å². The number of anilines is 1. The fourth-order valence-electron chi connectivity index (χ4n) is 2.05. The number of para-hydroxylation sites is 2. The highest BCUT2D eigenvalue weighted by Crippen LogP contribution is 2.30. The summed E-state index contributed by atoms with van der Waals surface area (Å²) in [7, 11) is 1.69. The van der Waals surface area contributed by atoms with Crippen molar-refractivity contribution >= 4 is 5.95 Å². The predicted octanol–water partition coefficient (Wildman–Crippen LogP) is 2.66. The van der Waals surface area contributed by atoms with Crippen molar-refractivity contribution in [2.75, 3.05) is 12.4 Å². The fraction of sp³-hybridized carbons (Fsp3) is 0.0625. The molecule has 0 saturated heterocycles. The largest absolute Gasteiger partial charge is 0.507 e. The smallest absolute Gasteiger partial charge is 0.226 e. The topological polar surface area (TPSA) is 91.2 Å². The van der Waals surface area contributed by atoms with Crippen LogP contribution >= 0.6 is 0 Å². The van der Waals surface area contributed by atoms with Crippen LogP contribution in [-0.2, 0) is 0 Å². The van der Waals surface area contributed by atoms with E-state index in [0.29, 0.717) is 28.7 Å². The van der Waals surface area contributed by atoms with Crippen molar-refractivity contribution in [1.82, 2.24) is 15.0 Å². The first-order chi connectivity index (χ1) is 10.7. The van der Waals surface area contributed by atoms with Gasteiger partial charge in [-0.2, -0.15) is 9.97 Å². The van der Waals surface area contributed by atoms with E-state index in [1.54, 1.807) is 55.6 Å². The molecular weight excluding hydrogens is 280 g/mol. The van der Waals surface area contributed by atoms with Crippen LogP contribution in [-0.4, -0.2) is 32.2 Å². The minimum absolute atomic E-state index is 0.0824. The van der Waals surface area contributed by atoms with Gasteiger partial charge in [-0.3, -0.25) is 0 Å². The lowest BCUT2D eigenvalue weighted by Gasteiger charge is -2.09. The van der Waals surface area contributed by atoms with Crippen LogP contribution in [0.3, 0.4) is 0 Å². The first-order valence-electron chi connectivity index (χ1n) is 6.69. The van der Waals surface area contributed by atoms with Gasteiger partial charge in [0.1, 0.15) is 11.5 Å². The Morgan fingerprint density at radius 3 is 1.59 bits per heavy atom. The van der Waals surface area contributed by atoms with Gasteiger partial charge in [0.05, 0.1) is 11.1 Å². The molecule has 110 valence electrons. The van der Waals surface area contributed by atoms with Crippen LogP contribution < -0.4 is 5.32 Å². The molecule has 0 aliphatic carbocycles. The molecule has 2 aromatic carbocycles. The van der Waals surface area contributed by atoms with Gasteiger partial charge in [0, 0.05) is 7.05 Å². The number of nitrogens with one attached hydrogen (secondary N) is 1. The van der Waals surface area contributed by atoms with Crippen LogP contribution in [0, 0.1) is 0 Å². The summed E-state index contributed by atoms with van der Waals surface area (Å²) in [6, 6.07) is 13.6. The lowest BCUT2D eigenvalue weighted by Crippen LogP contribution is -2.03. The summed E-state index contributed by atoms with van der Waals surface area (Å²) in [4.78, 5) is 12.9. The zero-order valence-corrected chi connectivity index (χ0v) is 11.9. The van der Waals surface area contributed by atoms with Crippen LogP contribution in [0.2, 0.25) is 0 Å². The van der Waals surface area contributed by atoms with E-state index < -0.39 is 0 Å². The van der Waals surface area contributed by atoms with Gasteiger partial charge in [-0.25, -0.2) is 4.98 Å². The molecule has 0 spiro atoms. The van der Waals surface area contributed by atoms with Gasteiger partial charge in [0.2, 0.25) is 5.95 Å². The van der Waals surface area contributed by atoms with Crippen molar-refractivity contribution in [3.8, 4) is 34.3 Å². The minimum Gasteiger partial charge on any atom is -0.507 e. The summed E-state index contributed by atoms with van der Waals surface area (Å²) in [5.74, 6) is 1.18. The Kier molecular flexibility index (Phi) is 3.57. The first-order valence-corrected chi connectivity index (χ1v) is 6.69. The van der Waals surface area contributed by atoms with Crippen LogP contribution in [0.1, 0.15) is 0 Å². The Morgan fingerprint density at radius 2 is 1.18 bits per heavy atom. The molecule has 1 heterocycles. The Labute approximate surface area is 127 Å². The normalized spacial score (nSPS) is 10.4. The highest BCUT2D eigenvalue weighted by Gasteiger charge is 2.14. The number of hydrogen-bond acceptors (Lipinski definition) is 6. The van der Waals surface area contributed by atoms with Gasteiger partial charge in [-0.15, -0.1) is 0 Å². The van der Waals surface area contributed by atoms with Gasteiger partial charge in [0.15, 0.2) is 11.6 Å². The summed E-state index contributed by atoms with van der Waals surface area (Å²) in [5.41, 5.74) is 0.996. The monoisotopic (exact) mass is 294 g/mol. The molecular formula is C16H14N4O2. The van der Waals surface area contributed by atoms with Gasteiger partial charge in [0.25, 0.3) is 0 Å². The SMILES string of the molecule is CNc1nc(-c2ccccc2O)nc(-c2ccccc2O)n1. The van der Waals surface area contributed by atoms with E-state index in [9.17, 15) is 10.2 Å². The number of rotatable bonds is 3. The van der Waals surface area contributed by atoms with E-state index in [-0.39, 0.29) is 11.5 Å². The summed E-state index contributed by atoms with van der Waals surface area (Å²) in [6.45, 7) is 0. The third-order valence-corrected chi connectivity index (χ3v) is 3.15. The zero-order valence-electron chi connectivity index (χ0n) is 11.9. The summed E-state index contributed by atoms with van der Waals surface area (Å²) < 4.78 is 0. The average molecular weight is 294 g/mol. The van der Waals surface area contributed by atoms with Crippen molar-refractivity contribution in [2.24, 2.45) is 0 Å². The number of phenols is 2. The molecule has 0 saturated carbocycles. The maximum atomic E-state index is 9.97. The van der Waals surface area contributed by atoms with Crippen LogP contribution in [0.5, 0.6) is 11.5 Å². The summed E-state index contributed by atoms with van der Waals surface area (Å²) in [6.07, 6.45) is 0. The highest BCUT2D eigenvalue weighted by molar-refractivity contribution is 5.69. The molecule has 0 amide bonds. The number of aromatic nitrogens is 3. The van der Waals surface area contributed by atoms with Gasteiger partial charge in [-0.1, -0.05) is 24.3 Å². The Morgan fingerprint density at radius 1 is 0.727 bits per heavy atom. The van der Waals surface area contributed by atoms with Crippen molar-refractivity contribution in [3.05, 3.63) is 48.5 Å². The third kappa shape index (κ3) is 2.54. The molecule has 6 heteroatoms. The Hall–Kier alpha value is -3.15. The second kappa shape index (κ2) is 5.69. The molecule has 0 aliphatic heterocycles. The van der Waals surface area contributed by atoms with Crippen LogP contribution in [0.25, 0.3) is 22.8 Å². The second-order valence-electron chi connectivity index (χ2n) is 4.59. The fourth-order valence-corrected chi connectivity index (χ4v) is 2.05. The molecule has 0 aliphatic rings. The molecule has 1 aromatic heterocycles. The maximum absolute atomic E-state index is 9.97. The zero-order chi connectivity index (χ0) is 15.5. The highest BCUT2D eigenvalue weighted by atomic mass is 16.3. The summed E-state index contributed by atoms with van der Waals surface area (Å²) in [5, 5.41) is 22.8. The summed E-state index contributed by atoms with van der Waals surface area (Å²) >= 11 is 0. The van der Waals surface area contributed by atoms with Crippen molar-refractivity contribution < 1.29 is 10.2 Å². The molecule has 0 fully saturated rings. The standard InChI is InChI=1S/C16H14N4O2/c1-17-16-19-14(10-6-2-4-8-12(10)21)18-15(20-16)11-7-3-5-9-13(11)22/h2-9,21-22H,1H3,(H,17,18,19,20). The predicted molar refractivity (Wildman–Crippen MR) is 83.6 cm³/mol. The van der Waals surface area contributed by atoms with Gasteiger partial charge < -0.3 is 15.5 Å². The average Bonchev–Trinajstić information content (AvgIpc) is 2.55. The molecule has 0 unspecified atom stereocenters. The number of nitrogens with zero attached hydrogens (tertiary/aromatic N) is 3. The van der Waals surface area contributed by atoms with Crippen LogP contribution in [0.15, 0.2) is 48.5 Å². The third-order valence-electron chi connectivity index (χ3n) is 3.15. The van der Waals surface area contributed by atoms with Gasteiger partial charge >= 0.3 is 0 Å². The molecule has 0 atom stereocenters. The maximum Gasteiger partial charge on any atom is 0.226 e. The van der Waals surface area contributed by atoms with E-state index in [2.05, 4.69) is 20.3 Å². The molecule has 6 nitrogen and oxygen atoms in total. The van der Waals surface area contributed by atoms with E-state index in [1.165, 1.54) is 0 Å². The lowest BCUT2D eigenvalue weighted by atomic mass is 10.1. The van der Waals surface area contributed by atoms with E-state index in [0.717, 1.165) is 0 Å². The number of phenolic OH excluding ortho intramolecular Hbond substituents is 2. The molecule has 22 heavy (non-hydrogen) atoms. The lowest BCUT2D eigenvalue weighted by molar-refractivity contribution is 0.477. The second-order valence-corrected chi connectivity index (χ2v) is 4.59. The number of benzene rings is 2. The Bertz CT molecular complexity index is 757. The van der Waals surface area contributed by atoms with Gasteiger partial charge in [-0.05, 0) is 24.3 Å². The van der Waals surface area contributed by atoms with E-state index >= 15 is 0 Å².